The molecule has 0 fully saturated rings. The number of rotatable bonds is 1. The van der Waals surface area contributed by atoms with Gasteiger partial charge in [0.25, 0.3) is 0 Å². The number of fused-ring (bicyclic) bond motifs is 8. The first-order valence-electron chi connectivity index (χ1n) is 10.8. The zero-order valence-corrected chi connectivity index (χ0v) is 21.2. The van der Waals surface area contributed by atoms with Crippen molar-refractivity contribution in [3.8, 4) is 17.2 Å². The summed E-state index contributed by atoms with van der Waals surface area (Å²) in [5, 5.41) is 10.9. The molecule has 2 aliphatic heterocycles. The van der Waals surface area contributed by atoms with E-state index in [1.54, 1.807) is 36.4 Å². The quantitative estimate of drug-likeness (QED) is 0.215. The Morgan fingerprint density at radius 3 is 1.78 bits per heavy atom. The molecule has 0 atom stereocenters. The van der Waals surface area contributed by atoms with Gasteiger partial charge in [0.1, 0.15) is 0 Å². The lowest BCUT2D eigenvalue weighted by Gasteiger charge is -2.01. The van der Waals surface area contributed by atoms with Gasteiger partial charge in [-0.05, 0) is 60.2 Å². The molecule has 174 valence electrons. The molecule has 6 rings (SSSR count). The molecular formula is C27H13Cl4N5. The number of aromatic amines is 2. The van der Waals surface area contributed by atoms with E-state index < -0.39 is 0 Å². The highest BCUT2D eigenvalue weighted by atomic mass is 35.5. The SMILES string of the molecule is N#Cc1ccc(-c2cc3[nH]c2c(Cl)c2nc(c(Cl)c4nc(c(Cl)c5ccc([nH]5)c3Cl)C=C4)C=C2)cc1. The number of hydrogen-bond acceptors (Lipinski definition) is 3. The summed E-state index contributed by atoms with van der Waals surface area (Å²) in [7, 11) is 0. The Hall–Kier alpha value is -3.53. The fourth-order valence-electron chi connectivity index (χ4n) is 4.10. The third kappa shape index (κ3) is 3.80. The number of benzene rings is 1. The van der Waals surface area contributed by atoms with Gasteiger partial charge in [-0.15, -0.1) is 0 Å². The largest absolute Gasteiger partial charge is 0.353 e. The number of nitrogens with zero attached hydrogens (tertiary/aromatic N) is 3. The van der Waals surface area contributed by atoms with Gasteiger partial charge in [-0.3, -0.25) is 0 Å². The Kier molecular flexibility index (Phi) is 5.63. The lowest BCUT2D eigenvalue weighted by molar-refractivity contribution is 1.27. The first-order chi connectivity index (χ1) is 17.4. The molecule has 0 unspecified atom stereocenters. The normalized spacial score (nSPS) is 12.2. The molecule has 5 heterocycles. The summed E-state index contributed by atoms with van der Waals surface area (Å²) >= 11 is 27.0. The first-order valence-corrected chi connectivity index (χ1v) is 12.3. The Bertz CT molecular complexity index is 1840. The van der Waals surface area contributed by atoms with Gasteiger partial charge < -0.3 is 9.97 Å². The molecule has 0 aliphatic carbocycles. The molecule has 0 saturated heterocycles. The van der Waals surface area contributed by atoms with E-state index in [9.17, 15) is 5.26 Å². The third-order valence-corrected chi connectivity index (χ3v) is 7.51. The lowest BCUT2D eigenvalue weighted by Crippen LogP contribution is -1.84. The minimum atomic E-state index is 0.386. The number of nitrogens with one attached hydrogen (secondary N) is 2. The van der Waals surface area contributed by atoms with Crippen LogP contribution < -0.4 is 0 Å². The van der Waals surface area contributed by atoms with Crippen molar-refractivity contribution in [3.05, 3.63) is 90.9 Å². The number of halogens is 4. The fraction of sp³-hybridized carbons (Fsp3) is 0. The summed E-state index contributed by atoms with van der Waals surface area (Å²) in [5.41, 5.74) is 7.03. The number of H-pyrrole nitrogens is 2. The molecule has 9 heteroatoms. The average Bonchev–Trinajstić information content (AvgIpc) is 3.72. The zero-order chi connectivity index (χ0) is 25.0. The smallest absolute Gasteiger partial charge is 0.0991 e. The van der Waals surface area contributed by atoms with Crippen molar-refractivity contribution in [1.29, 1.82) is 5.26 Å². The molecule has 8 bridgehead atoms. The molecule has 5 nitrogen and oxygen atoms in total. The highest BCUT2D eigenvalue weighted by molar-refractivity contribution is 6.39. The monoisotopic (exact) mass is 547 g/mol. The second-order valence-electron chi connectivity index (χ2n) is 8.13. The maximum absolute atomic E-state index is 9.19. The van der Waals surface area contributed by atoms with Crippen LogP contribution in [-0.4, -0.2) is 19.9 Å². The average molecular weight is 549 g/mol. The van der Waals surface area contributed by atoms with Gasteiger partial charge in [0, 0.05) is 5.56 Å². The molecule has 36 heavy (non-hydrogen) atoms. The molecule has 4 aromatic rings. The van der Waals surface area contributed by atoms with Gasteiger partial charge in [-0.1, -0.05) is 58.5 Å². The maximum atomic E-state index is 9.19. The molecule has 0 saturated carbocycles. The Morgan fingerprint density at radius 1 is 0.611 bits per heavy atom. The topological polar surface area (TPSA) is 81.2 Å². The molecule has 1 aromatic carbocycles. The molecular weight excluding hydrogens is 536 g/mol. The summed E-state index contributed by atoms with van der Waals surface area (Å²) in [6.45, 7) is 0. The van der Waals surface area contributed by atoms with Crippen LogP contribution in [0.3, 0.4) is 0 Å². The summed E-state index contributed by atoms with van der Waals surface area (Å²) in [6, 6.07) is 15.0. The van der Waals surface area contributed by atoms with Crippen molar-refractivity contribution in [2.75, 3.05) is 0 Å². The summed E-state index contributed by atoms with van der Waals surface area (Å²) in [5.74, 6) is 0. The van der Waals surface area contributed by atoms with E-state index >= 15 is 0 Å². The van der Waals surface area contributed by atoms with Crippen molar-refractivity contribution in [2.45, 2.75) is 0 Å². The van der Waals surface area contributed by atoms with Crippen LogP contribution in [0.1, 0.15) is 28.3 Å². The van der Waals surface area contributed by atoms with Crippen molar-refractivity contribution in [2.24, 2.45) is 0 Å². The molecule has 3 aromatic heterocycles. The number of aromatic nitrogens is 4. The van der Waals surface area contributed by atoms with Crippen LogP contribution in [0.15, 0.2) is 42.5 Å². The summed E-state index contributed by atoms with van der Waals surface area (Å²) in [6.07, 6.45) is 7.18. The van der Waals surface area contributed by atoms with Gasteiger partial charge >= 0.3 is 0 Å². The van der Waals surface area contributed by atoms with Crippen molar-refractivity contribution < 1.29 is 0 Å². The predicted molar refractivity (Wildman–Crippen MR) is 149 cm³/mol. The van der Waals surface area contributed by atoms with E-state index in [1.807, 2.05) is 30.3 Å². The van der Waals surface area contributed by atoms with Crippen LogP contribution in [0.4, 0.5) is 0 Å². The highest BCUT2D eigenvalue weighted by Gasteiger charge is 2.16. The summed E-state index contributed by atoms with van der Waals surface area (Å²) in [4.78, 5) is 15.9. The minimum Gasteiger partial charge on any atom is -0.353 e. The van der Waals surface area contributed by atoms with Crippen LogP contribution >= 0.6 is 46.4 Å². The van der Waals surface area contributed by atoms with Crippen LogP contribution in [-0.2, 0) is 0 Å². The van der Waals surface area contributed by atoms with Gasteiger partial charge in [0.05, 0.1) is 76.6 Å². The number of hydrogen-bond donors (Lipinski definition) is 2. The molecule has 0 radical (unpaired) electrons. The van der Waals surface area contributed by atoms with E-state index in [0.717, 1.165) is 11.1 Å². The van der Waals surface area contributed by atoms with E-state index in [0.29, 0.717) is 70.5 Å². The second-order valence-corrected chi connectivity index (χ2v) is 9.65. The van der Waals surface area contributed by atoms with Crippen LogP contribution in [0.2, 0.25) is 20.1 Å². The minimum absolute atomic E-state index is 0.386. The standard InChI is InChI=1S/C27H13Cl4N5/c28-23-16-5-6-17(33-16)24(29)19-9-10-21(35-19)26(31)27-15(14-3-1-13(12-32)2-4-14)11-22(36-27)25(30)20-8-7-18(23)34-20/h1-11,34,36H. The molecule has 2 aliphatic rings. The van der Waals surface area contributed by atoms with E-state index in [1.165, 1.54) is 0 Å². The molecule has 0 spiro atoms. The van der Waals surface area contributed by atoms with Gasteiger partial charge in [0.15, 0.2) is 0 Å². The fourth-order valence-corrected chi connectivity index (χ4v) is 5.00. The number of nitriles is 1. The van der Waals surface area contributed by atoms with Crippen molar-refractivity contribution in [1.82, 2.24) is 19.9 Å². The maximum Gasteiger partial charge on any atom is 0.0991 e. The van der Waals surface area contributed by atoms with Crippen LogP contribution in [0, 0.1) is 11.3 Å². The van der Waals surface area contributed by atoms with Gasteiger partial charge in [-0.25, -0.2) is 9.97 Å². The first kappa shape index (κ1) is 22.9. The second kappa shape index (κ2) is 8.85. The lowest BCUT2D eigenvalue weighted by atomic mass is 10.1. The third-order valence-electron chi connectivity index (χ3n) is 5.94. The Morgan fingerprint density at radius 2 is 1.17 bits per heavy atom. The van der Waals surface area contributed by atoms with E-state index in [-0.39, 0.29) is 0 Å². The Balaban J connectivity index is 1.76. The van der Waals surface area contributed by atoms with E-state index in [4.69, 9.17) is 46.4 Å². The van der Waals surface area contributed by atoms with Crippen molar-refractivity contribution >= 4 is 92.8 Å². The van der Waals surface area contributed by atoms with Crippen molar-refractivity contribution in [3.63, 3.8) is 0 Å². The molecule has 0 amide bonds. The van der Waals surface area contributed by atoms with Gasteiger partial charge in [0.2, 0.25) is 0 Å². The zero-order valence-electron chi connectivity index (χ0n) is 18.2. The predicted octanol–water partition coefficient (Wildman–Crippen LogP) is 8.81. The molecule has 2 N–H and O–H groups in total. The van der Waals surface area contributed by atoms with Crippen LogP contribution in [0.5, 0.6) is 0 Å². The van der Waals surface area contributed by atoms with Gasteiger partial charge in [-0.2, -0.15) is 5.26 Å². The van der Waals surface area contributed by atoms with E-state index in [2.05, 4.69) is 26.0 Å². The highest BCUT2D eigenvalue weighted by Crippen LogP contribution is 2.37. The van der Waals surface area contributed by atoms with Crippen LogP contribution in [0.25, 0.3) is 57.5 Å². The summed E-state index contributed by atoms with van der Waals surface area (Å²) < 4.78 is 0. The Labute approximate surface area is 225 Å².